The summed E-state index contributed by atoms with van der Waals surface area (Å²) in [6.07, 6.45) is 3.05. The number of amides is 1. The third-order valence-electron chi connectivity index (χ3n) is 6.91. The molecule has 4 aromatic rings. The van der Waals surface area contributed by atoms with Gasteiger partial charge in [0.15, 0.2) is 0 Å². The number of anilines is 1. The lowest BCUT2D eigenvalue weighted by Crippen LogP contribution is -2.34. The van der Waals surface area contributed by atoms with Crippen molar-refractivity contribution in [2.75, 3.05) is 19.1 Å². The second-order valence-electron chi connectivity index (χ2n) is 11.4. The highest BCUT2D eigenvalue weighted by Gasteiger charge is 2.25. The minimum absolute atomic E-state index is 0.0251. The van der Waals surface area contributed by atoms with Crippen molar-refractivity contribution in [1.82, 2.24) is 4.98 Å². The van der Waals surface area contributed by atoms with Gasteiger partial charge >= 0.3 is 5.97 Å². The highest BCUT2D eigenvalue weighted by Crippen LogP contribution is 2.31. The number of hydrogen-bond donors (Lipinski definition) is 0. The second kappa shape index (κ2) is 12.3. The van der Waals surface area contributed by atoms with Gasteiger partial charge in [-0.1, -0.05) is 69.3 Å². The van der Waals surface area contributed by atoms with Gasteiger partial charge in [0, 0.05) is 24.4 Å². The average molecular weight is 539 g/mol. The van der Waals surface area contributed by atoms with Crippen LogP contribution < -0.4 is 9.64 Å². The van der Waals surface area contributed by atoms with Crippen LogP contribution in [-0.2, 0) is 27.3 Å². The molecule has 0 spiro atoms. The van der Waals surface area contributed by atoms with Gasteiger partial charge in [0.05, 0.1) is 20.8 Å². The van der Waals surface area contributed by atoms with E-state index >= 15 is 0 Å². The van der Waals surface area contributed by atoms with Gasteiger partial charge in [-0.2, -0.15) is 0 Å². The van der Waals surface area contributed by atoms with Crippen LogP contribution in [0.4, 0.5) is 5.82 Å². The predicted molar refractivity (Wildman–Crippen MR) is 161 cm³/mol. The summed E-state index contributed by atoms with van der Waals surface area (Å²) >= 11 is 0. The lowest BCUT2D eigenvalue weighted by Gasteiger charge is -2.27. The van der Waals surface area contributed by atoms with E-state index in [1.807, 2.05) is 31.2 Å². The Labute approximate surface area is 237 Å². The Kier molecular flexibility index (Phi) is 8.88. The largest absolute Gasteiger partial charge is 0.496 e. The van der Waals surface area contributed by atoms with Crippen molar-refractivity contribution >= 4 is 28.5 Å². The molecule has 6 heteroatoms. The minimum atomic E-state index is -0.234. The summed E-state index contributed by atoms with van der Waals surface area (Å²) in [4.78, 5) is 31.8. The van der Waals surface area contributed by atoms with Crippen LogP contribution in [0.2, 0.25) is 0 Å². The fourth-order valence-corrected chi connectivity index (χ4v) is 4.80. The lowest BCUT2D eigenvalue weighted by molar-refractivity contribution is -0.140. The number of fused-ring (bicyclic) bond motifs is 1. The summed E-state index contributed by atoms with van der Waals surface area (Å²) in [5.74, 6) is 1.30. The maximum Gasteiger partial charge on any atom is 0.305 e. The van der Waals surface area contributed by atoms with E-state index in [0.717, 1.165) is 44.3 Å². The van der Waals surface area contributed by atoms with Gasteiger partial charge in [-0.25, -0.2) is 4.98 Å². The first-order chi connectivity index (χ1) is 19.1. The molecule has 0 aliphatic heterocycles. The number of aryl methyl sites for hydroxylation is 2. The van der Waals surface area contributed by atoms with Crippen LogP contribution in [0.25, 0.3) is 21.9 Å². The highest BCUT2D eigenvalue weighted by molar-refractivity contribution is 6.02. The number of benzene rings is 3. The van der Waals surface area contributed by atoms with Crippen molar-refractivity contribution in [2.45, 2.75) is 53.5 Å². The summed E-state index contributed by atoms with van der Waals surface area (Å²) in [5, 5.41) is 1.88. The van der Waals surface area contributed by atoms with Crippen LogP contribution in [0.5, 0.6) is 5.75 Å². The number of esters is 1. The summed E-state index contributed by atoms with van der Waals surface area (Å²) < 4.78 is 10.2. The smallest absolute Gasteiger partial charge is 0.305 e. The molecule has 1 heterocycles. The van der Waals surface area contributed by atoms with E-state index in [1.54, 1.807) is 18.2 Å². The Morgan fingerprint density at radius 1 is 0.875 bits per heavy atom. The standard InChI is InChI=1S/C34H38N2O4/c1-23-19-27(13-15-30(23)39-5)26-11-7-25(8-12-26)22-36(31(37)21-34(2,3)4)33-29-14-9-24(10-16-32(38)40-6)20-28(29)17-18-35-33/h7-9,11-15,17-20H,10,16,21-22H2,1-6H3. The summed E-state index contributed by atoms with van der Waals surface area (Å²) in [5.41, 5.74) is 5.18. The first-order valence-corrected chi connectivity index (χ1v) is 13.6. The third-order valence-corrected chi connectivity index (χ3v) is 6.91. The van der Waals surface area contributed by atoms with Crippen LogP contribution >= 0.6 is 0 Å². The van der Waals surface area contributed by atoms with Crippen LogP contribution in [0, 0.1) is 12.3 Å². The van der Waals surface area contributed by atoms with E-state index in [1.165, 1.54) is 7.11 Å². The number of nitrogens with zero attached hydrogens (tertiary/aromatic N) is 2. The maximum atomic E-state index is 13.7. The number of pyridine rings is 1. The molecule has 1 aromatic heterocycles. The molecule has 4 rings (SSSR count). The number of methoxy groups -OCH3 is 2. The first-order valence-electron chi connectivity index (χ1n) is 13.6. The number of aromatic nitrogens is 1. The van der Waals surface area contributed by atoms with Gasteiger partial charge in [0.1, 0.15) is 11.6 Å². The third kappa shape index (κ3) is 7.06. The van der Waals surface area contributed by atoms with Crippen LogP contribution in [0.1, 0.15) is 50.3 Å². The molecular formula is C34H38N2O4. The zero-order valence-electron chi connectivity index (χ0n) is 24.3. The van der Waals surface area contributed by atoms with Gasteiger partial charge in [-0.05, 0) is 70.2 Å². The van der Waals surface area contributed by atoms with Gasteiger partial charge in [0.25, 0.3) is 0 Å². The molecule has 208 valence electrons. The Hall–Kier alpha value is -4.19. The molecule has 0 atom stereocenters. The first kappa shape index (κ1) is 28.8. The highest BCUT2D eigenvalue weighted by atomic mass is 16.5. The van der Waals surface area contributed by atoms with Crippen LogP contribution in [-0.4, -0.2) is 31.1 Å². The Morgan fingerprint density at radius 2 is 1.57 bits per heavy atom. The summed E-state index contributed by atoms with van der Waals surface area (Å²) in [7, 11) is 3.08. The molecular weight excluding hydrogens is 500 g/mol. The maximum absolute atomic E-state index is 13.7. The molecule has 3 aromatic carbocycles. The molecule has 0 aliphatic carbocycles. The van der Waals surface area contributed by atoms with Crippen molar-refractivity contribution < 1.29 is 19.1 Å². The molecule has 0 radical (unpaired) electrons. The quantitative estimate of drug-likeness (QED) is 0.209. The molecule has 6 nitrogen and oxygen atoms in total. The number of carbonyl (C=O) groups is 2. The molecule has 0 unspecified atom stereocenters. The van der Waals surface area contributed by atoms with E-state index in [0.29, 0.717) is 31.6 Å². The van der Waals surface area contributed by atoms with Crippen molar-refractivity contribution in [3.8, 4) is 16.9 Å². The van der Waals surface area contributed by atoms with Crippen molar-refractivity contribution in [1.29, 1.82) is 0 Å². The van der Waals surface area contributed by atoms with Gasteiger partial charge in [0.2, 0.25) is 5.91 Å². The van der Waals surface area contributed by atoms with Crippen molar-refractivity contribution in [3.63, 3.8) is 0 Å². The molecule has 0 fully saturated rings. The van der Waals surface area contributed by atoms with Gasteiger partial charge in [-0.15, -0.1) is 0 Å². The Morgan fingerprint density at radius 3 is 2.23 bits per heavy atom. The number of carbonyl (C=O) groups excluding carboxylic acids is 2. The van der Waals surface area contributed by atoms with Gasteiger partial charge < -0.3 is 9.47 Å². The topological polar surface area (TPSA) is 68.7 Å². The summed E-state index contributed by atoms with van der Waals surface area (Å²) in [6.45, 7) is 8.65. The molecule has 0 saturated carbocycles. The zero-order chi connectivity index (χ0) is 28.9. The molecule has 0 saturated heterocycles. The van der Waals surface area contributed by atoms with Crippen molar-refractivity contribution in [2.24, 2.45) is 5.41 Å². The molecule has 0 aliphatic rings. The molecule has 0 N–H and O–H groups in total. The summed E-state index contributed by atoms with van der Waals surface area (Å²) in [6, 6.07) is 22.5. The molecule has 40 heavy (non-hydrogen) atoms. The van der Waals surface area contributed by atoms with E-state index in [2.05, 4.69) is 68.2 Å². The Bertz CT molecular complexity index is 1500. The number of hydrogen-bond acceptors (Lipinski definition) is 5. The van der Waals surface area contributed by atoms with Crippen LogP contribution in [0.3, 0.4) is 0 Å². The monoisotopic (exact) mass is 538 g/mol. The molecule has 1 amide bonds. The van der Waals surface area contributed by atoms with E-state index in [4.69, 9.17) is 9.47 Å². The fraction of sp³-hybridized carbons (Fsp3) is 0.324. The van der Waals surface area contributed by atoms with Crippen molar-refractivity contribution in [3.05, 3.63) is 89.6 Å². The van der Waals surface area contributed by atoms with E-state index < -0.39 is 0 Å². The zero-order valence-corrected chi connectivity index (χ0v) is 24.3. The normalized spacial score (nSPS) is 11.3. The second-order valence-corrected chi connectivity index (χ2v) is 11.4. The lowest BCUT2D eigenvalue weighted by atomic mass is 9.91. The van der Waals surface area contributed by atoms with E-state index in [-0.39, 0.29) is 17.3 Å². The van der Waals surface area contributed by atoms with E-state index in [9.17, 15) is 9.59 Å². The van der Waals surface area contributed by atoms with Crippen LogP contribution in [0.15, 0.2) is 72.9 Å². The number of rotatable bonds is 9. The SMILES string of the molecule is COC(=O)CCc1ccc2c(N(Cc3ccc(-c4ccc(OC)c(C)c4)cc3)C(=O)CC(C)(C)C)nccc2c1. The Balaban J connectivity index is 1.65. The predicted octanol–water partition coefficient (Wildman–Crippen LogP) is 7.29. The fourth-order valence-electron chi connectivity index (χ4n) is 4.80. The number of ether oxygens (including phenoxy) is 2. The minimum Gasteiger partial charge on any atom is -0.496 e. The van der Waals surface area contributed by atoms with Gasteiger partial charge in [-0.3, -0.25) is 14.5 Å². The molecule has 0 bridgehead atoms. The average Bonchev–Trinajstić information content (AvgIpc) is 2.93.